The van der Waals surface area contributed by atoms with Crippen LogP contribution in [0.5, 0.6) is 0 Å². The van der Waals surface area contributed by atoms with E-state index in [1.165, 1.54) is 25.1 Å². The normalized spacial score (nSPS) is 30.4. The second kappa shape index (κ2) is 5.98. The van der Waals surface area contributed by atoms with Gasteiger partial charge in [0.1, 0.15) is 6.54 Å². The zero-order valence-corrected chi connectivity index (χ0v) is 13.4. The molecule has 3 aliphatic rings. The Morgan fingerprint density at radius 1 is 1.46 bits per heavy atom. The van der Waals surface area contributed by atoms with Crippen molar-refractivity contribution < 1.29 is 18.3 Å². The van der Waals surface area contributed by atoms with Crippen LogP contribution in [-0.4, -0.2) is 41.0 Å². The lowest BCUT2D eigenvalue weighted by atomic mass is 9.54. The van der Waals surface area contributed by atoms with E-state index in [1.54, 1.807) is 0 Å². The van der Waals surface area contributed by atoms with Crippen LogP contribution in [0.4, 0.5) is 19.4 Å². The maximum atomic E-state index is 12.3. The number of alkyl halides is 2. The summed E-state index contributed by atoms with van der Waals surface area (Å²) >= 11 is 0. The van der Waals surface area contributed by atoms with Crippen molar-refractivity contribution in [2.24, 2.45) is 11.3 Å². The summed E-state index contributed by atoms with van der Waals surface area (Å²) in [7, 11) is 0. The van der Waals surface area contributed by atoms with E-state index >= 15 is 0 Å². The molecule has 1 aromatic heterocycles. The Hall–Kier alpha value is -1.70. The molecular formula is C16H22F2N4O2. The molecule has 3 atom stereocenters. The predicted octanol–water partition coefficient (Wildman–Crippen LogP) is 2.62. The van der Waals surface area contributed by atoms with Gasteiger partial charge in [0.2, 0.25) is 0 Å². The lowest BCUT2D eigenvalue weighted by Gasteiger charge is -2.56. The molecule has 2 amide bonds. The van der Waals surface area contributed by atoms with Gasteiger partial charge in [-0.15, -0.1) is 0 Å². The highest BCUT2D eigenvalue weighted by molar-refractivity contribution is 5.88. The maximum Gasteiger partial charge on any atom is 0.320 e. The number of nitrogens with one attached hydrogen (secondary N) is 2. The molecule has 1 spiro atoms. The molecule has 4 rings (SSSR count). The molecule has 0 unspecified atom stereocenters. The standard InChI is InChI=1S/C16H22F2N4O2/c17-11(18)9-22-7-3-12(21-22)19-15(23)20-13-10-4-8-24-14(10)16(13)5-1-2-6-16/h3,7,10-11,13-14H,1-2,4-6,8-9H2,(H2,19,20,21,23)/t10-,13-,14+/m1/s1. The van der Waals surface area contributed by atoms with Crippen molar-refractivity contribution in [1.29, 1.82) is 0 Å². The van der Waals surface area contributed by atoms with Crippen LogP contribution in [-0.2, 0) is 11.3 Å². The summed E-state index contributed by atoms with van der Waals surface area (Å²) in [5.41, 5.74) is 0.0908. The molecule has 0 bridgehead atoms. The number of rotatable bonds is 4. The van der Waals surface area contributed by atoms with E-state index in [-0.39, 0.29) is 29.4 Å². The van der Waals surface area contributed by atoms with Crippen LogP contribution < -0.4 is 10.6 Å². The van der Waals surface area contributed by atoms with E-state index < -0.39 is 13.0 Å². The zero-order chi connectivity index (χ0) is 16.7. The minimum Gasteiger partial charge on any atom is -0.377 e. The summed E-state index contributed by atoms with van der Waals surface area (Å²) < 4.78 is 31.7. The fraction of sp³-hybridized carbons (Fsp3) is 0.750. The van der Waals surface area contributed by atoms with E-state index in [4.69, 9.17) is 4.74 Å². The van der Waals surface area contributed by atoms with Gasteiger partial charge < -0.3 is 10.1 Å². The van der Waals surface area contributed by atoms with Crippen molar-refractivity contribution in [1.82, 2.24) is 15.1 Å². The molecule has 3 fully saturated rings. The Balaban J connectivity index is 1.38. The van der Waals surface area contributed by atoms with Crippen molar-refractivity contribution in [3.63, 3.8) is 0 Å². The third-order valence-corrected chi connectivity index (χ3v) is 5.78. The SMILES string of the molecule is O=C(Nc1ccn(CC(F)F)n1)N[C@@H]1[C@H]2CCO[C@@H]2C12CCCC2. The second-order valence-corrected chi connectivity index (χ2v) is 7.07. The highest BCUT2D eigenvalue weighted by atomic mass is 19.3. The second-order valence-electron chi connectivity index (χ2n) is 7.07. The van der Waals surface area contributed by atoms with Crippen LogP contribution in [0, 0.1) is 11.3 Å². The molecule has 1 aromatic rings. The van der Waals surface area contributed by atoms with Crippen molar-refractivity contribution in [3.05, 3.63) is 12.3 Å². The first kappa shape index (κ1) is 15.8. The van der Waals surface area contributed by atoms with Gasteiger partial charge >= 0.3 is 6.03 Å². The van der Waals surface area contributed by atoms with Crippen molar-refractivity contribution >= 4 is 11.8 Å². The summed E-state index contributed by atoms with van der Waals surface area (Å²) in [5, 5.41) is 9.68. The van der Waals surface area contributed by atoms with Crippen LogP contribution in [0.15, 0.2) is 12.3 Å². The number of hydrogen-bond acceptors (Lipinski definition) is 3. The molecule has 6 nitrogen and oxygen atoms in total. The van der Waals surface area contributed by atoms with Crippen LogP contribution in [0.2, 0.25) is 0 Å². The number of anilines is 1. The molecule has 1 aliphatic heterocycles. The molecule has 2 N–H and O–H groups in total. The molecule has 0 aromatic carbocycles. The predicted molar refractivity (Wildman–Crippen MR) is 82.9 cm³/mol. The Bertz CT molecular complexity index is 615. The van der Waals surface area contributed by atoms with Gasteiger partial charge in [0.25, 0.3) is 6.43 Å². The van der Waals surface area contributed by atoms with Crippen molar-refractivity contribution in [3.8, 4) is 0 Å². The largest absolute Gasteiger partial charge is 0.377 e. The average Bonchev–Trinajstić information content (AvgIpc) is 3.24. The van der Waals surface area contributed by atoms with Gasteiger partial charge in [0.05, 0.1) is 6.10 Å². The number of nitrogens with zero attached hydrogens (tertiary/aromatic N) is 2. The highest BCUT2D eigenvalue weighted by Crippen LogP contribution is 2.60. The number of halogens is 2. The van der Waals surface area contributed by atoms with Crippen molar-refractivity contribution in [2.45, 2.75) is 57.2 Å². The Morgan fingerprint density at radius 2 is 2.25 bits per heavy atom. The molecule has 1 saturated heterocycles. The molecule has 0 radical (unpaired) electrons. The molecular weight excluding hydrogens is 318 g/mol. The number of urea groups is 1. The number of hydrogen-bond donors (Lipinski definition) is 2. The topological polar surface area (TPSA) is 68.2 Å². The minimum absolute atomic E-state index is 0.0908. The number of carbonyl (C=O) groups is 1. The van der Waals surface area contributed by atoms with Crippen LogP contribution in [0.25, 0.3) is 0 Å². The third-order valence-electron chi connectivity index (χ3n) is 5.78. The zero-order valence-electron chi connectivity index (χ0n) is 13.4. The summed E-state index contributed by atoms with van der Waals surface area (Å²) in [6, 6.07) is 1.34. The first-order valence-corrected chi connectivity index (χ1v) is 8.59. The summed E-state index contributed by atoms with van der Waals surface area (Å²) in [4.78, 5) is 12.3. The monoisotopic (exact) mass is 340 g/mol. The van der Waals surface area contributed by atoms with Gasteiger partial charge in [-0.05, 0) is 19.3 Å². The molecule has 132 valence electrons. The van der Waals surface area contributed by atoms with E-state index in [2.05, 4.69) is 15.7 Å². The highest BCUT2D eigenvalue weighted by Gasteiger charge is 2.65. The molecule has 8 heteroatoms. The number of ether oxygens (including phenoxy) is 1. The Labute approximate surface area is 138 Å². The van der Waals surface area contributed by atoms with Gasteiger partial charge in [-0.2, -0.15) is 5.10 Å². The third kappa shape index (κ3) is 2.56. The van der Waals surface area contributed by atoms with E-state index in [0.29, 0.717) is 5.92 Å². The van der Waals surface area contributed by atoms with Crippen LogP contribution >= 0.6 is 0 Å². The van der Waals surface area contributed by atoms with Gasteiger partial charge in [-0.25, -0.2) is 13.6 Å². The maximum absolute atomic E-state index is 12.3. The fourth-order valence-corrected chi connectivity index (χ4v) is 4.87. The van der Waals surface area contributed by atoms with Crippen LogP contribution in [0.3, 0.4) is 0 Å². The number of amides is 2. The Morgan fingerprint density at radius 3 is 3.00 bits per heavy atom. The summed E-state index contributed by atoms with van der Waals surface area (Å²) in [6.45, 7) is 0.297. The van der Waals surface area contributed by atoms with Gasteiger partial charge in [-0.1, -0.05) is 12.8 Å². The summed E-state index contributed by atoms with van der Waals surface area (Å²) in [5.74, 6) is 0.678. The number of aromatic nitrogens is 2. The van der Waals surface area contributed by atoms with Crippen molar-refractivity contribution in [2.75, 3.05) is 11.9 Å². The molecule has 2 heterocycles. The first-order valence-electron chi connectivity index (χ1n) is 8.59. The molecule has 2 aliphatic carbocycles. The molecule has 2 saturated carbocycles. The smallest absolute Gasteiger partial charge is 0.320 e. The number of fused-ring (bicyclic) bond motifs is 2. The summed E-state index contributed by atoms with van der Waals surface area (Å²) in [6.07, 6.45) is 4.81. The number of carbonyl (C=O) groups excluding carboxylic acids is 1. The van der Waals surface area contributed by atoms with Gasteiger partial charge in [-0.3, -0.25) is 10.00 Å². The molecule has 24 heavy (non-hydrogen) atoms. The quantitative estimate of drug-likeness (QED) is 0.885. The lowest BCUT2D eigenvalue weighted by Crippen LogP contribution is -2.68. The lowest BCUT2D eigenvalue weighted by molar-refractivity contribution is -0.125. The van der Waals surface area contributed by atoms with Crippen LogP contribution in [0.1, 0.15) is 32.1 Å². The average molecular weight is 340 g/mol. The fourth-order valence-electron chi connectivity index (χ4n) is 4.87. The Kier molecular flexibility index (Phi) is 3.94. The van der Waals surface area contributed by atoms with E-state index in [0.717, 1.165) is 30.6 Å². The first-order chi connectivity index (χ1) is 11.6. The van der Waals surface area contributed by atoms with E-state index in [1.807, 2.05) is 0 Å². The van der Waals surface area contributed by atoms with Gasteiger partial charge in [0, 0.05) is 36.2 Å². The minimum atomic E-state index is -2.47. The van der Waals surface area contributed by atoms with E-state index in [9.17, 15) is 13.6 Å². The van der Waals surface area contributed by atoms with Gasteiger partial charge in [0.15, 0.2) is 5.82 Å².